The molecule has 1 unspecified atom stereocenters. The van der Waals surface area contributed by atoms with Gasteiger partial charge in [0, 0.05) is 0 Å². The van der Waals surface area contributed by atoms with Gasteiger partial charge in [-0.3, -0.25) is 9.36 Å². The second-order valence-electron chi connectivity index (χ2n) is 6.98. The fourth-order valence-electron chi connectivity index (χ4n) is 3.79. The van der Waals surface area contributed by atoms with Gasteiger partial charge in [-0.1, -0.05) is 35.6 Å². The van der Waals surface area contributed by atoms with Crippen LogP contribution in [-0.4, -0.2) is 18.8 Å². The molecule has 0 bridgehead atoms. The molecule has 7 nitrogen and oxygen atoms in total. The van der Waals surface area contributed by atoms with Crippen LogP contribution in [0.4, 0.5) is 0 Å². The van der Waals surface area contributed by atoms with Crippen molar-refractivity contribution in [1.29, 1.82) is 10.5 Å². The van der Waals surface area contributed by atoms with Crippen molar-refractivity contribution in [2.24, 2.45) is 5.73 Å². The molecule has 4 rings (SSSR count). The number of hydrogen-bond donors (Lipinski definition) is 1. The summed E-state index contributed by atoms with van der Waals surface area (Å²) in [6.07, 6.45) is 1.81. The number of rotatable bonds is 4. The van der Waals surface area contributed by atoms with Crippen LogP contribution in [0.1, 0.15) is 17.0 Å². The average molecular weight is 443 g/mol. The van der Waals surface area contributed by atoms with Crippen molar-refractivity contribution in [2.45, 2.75) is 5.92 Å². The van der Waals surface area contributed by atoms with Crippen LogP contribution in [0, 0.1) is 22.7 Å². The van der Waals surface area contributed by atoms with Gasteiger partial charge in [0.15, 0.2) is 0 Å². The van der Waals surface area contributed by atoms with Crippen molar-refractivity contribution in [2.75, 3.05) is 14.2 Å². The number of nitrogens with two attached hydrogens (primary N) is 1. The molecule has 0 spiro atoms. The molecule has 1 aliphatic heterocycles. The highest BCUT2D eigenvalue weighted by Crippen LogP contribution is 2.36. The van der Waals surface area contributed by atoms with Crippen LogP contribution in [0.15, 0.2) is 58.9 Å². The van der Waals surface area contributed by atoms with Crippen LogP contribution in [0.5, 0.6) is 11.5 Å². The summed E-state index contributed by atoms with van der Waals surface area (Å²) in [4.78, 5) is 12.5. The molecule has 2 aromatic carbocycles. The molecule has 0 fully saturated rings. The Balaban J connectivity index is 2.09. The Hall–Kier alpha value is -4.27. The fraction of sp³-hybridized carbons (Fsp3) is 0.125. The van der Waals surface area contributed by atoms with Crippen molar-refractivity contribution < 1.29 is 9.47 Å². The number of fused-ring (bicyclic) bond motifs is 1. The predicted octanol–water partition coefficient (Wildman–Crippen LogP) is 1.88. The number of nitrogens with zero attached hydrogens (tertiary/aromatic N) is 3. The lowest BCUT2D eigenvalue weighted by Gasteiger charge is -2.23. The van der Waals surface area contributed by atoms with Gasteiger partial charge in [0.05, 0.1) is 53.3 Å². The normalized spacial score (nSPS) is 15.7. The van der Waals surface area contributed by atoms with Gasteiger partial charge in [-0.05, 0) is 41.5 Å². The number of ether oxygens (including phenoxy) is 2. The zero-order valence-electron chi connectivity index (χ0n) is 17.3. The molecule has 0 saturated heterocycles. The summed E-state index contributed by atoms with van der Waals surface area (Å²) in [5.74, 6) is 0.573. The van der Waals surface area contributed by atoms with E-state index in [9.17, 15) is 15.3 Å². The molecule has 2 heterocycles. The van der Waals surface area contributed by atoms with Crippen molar-refractivity contribution in [3.63, 3.8) is 0 Å². The van der Waals surface area contributed by atoms with E-state index >= 15 is 0 Å². The van der Waals surface area contributed by atoms with Gasteiger partial charge >= 0.3 is 4.87 Å². The second-order valence-corrected chi connectivity index (χ2v) is 7.98. The highest BCUT2D eigenvalue weighted by Gasteiger charge is 2.32. The van der Waals surface area contributed by atoms with Gasteiger partial charge < -0.3 is 15.2 Å². The minimum absolute atomic E-state index is 0.0286. The first-order valence-electron chi connectivity index (χ1n) is 9.58. The Bertz CT molecular complexity index is 1520. The van der Waals surface area contributed by atoms with Crippen molar-refractivity contribution in [1.82, 2.24) is 4.57 Å². The number of nitriles is 2. The van der Waals surface area contributed by atoms with Crippen LogP contribution in [-0.2, 0) is 0 Å². The topological polar surface area (TPSA) is 114 Å². The zero-order valence-corrected chi connectivity index (χ0v) is 18.1. The Morgan fingerprint density at radius 1 is 1.03 bits per heavy atom. The fourth-order valence-corrected chi connectivity index (χ4v) is 4.75. The molecule has 2 N–H and O–H groups in total. The number of aromatic nitrogens is 1. The Morgan fingerprint density at radius 2 is 1.69 bits per heavy atom. The summed E-state index contributed by atoms with van der Waals surface area (Å²) in [7, 11) is 3.12. The molecule has 3 aromatic rings. The molecule has 32 heavy (non-hydrogen) atoms. The van der Waals surface area contributed by atoms with Gasteiger partial charge in [-0.2, -0.15) is 10.5 Å². The molecule has 8 heteroatoms. The minimum atomic E-state index is -0.716. The van der Waals surface area contributed by atoms with Crippen LogP contribution >= 0.6 is 11.3 Å². The lowest BCUT2D eigenvalue weighted by atomic mass is 9.83. The van der Waals surface area contributed by atoms with Gasteiger partial charge in [-0.15, -0.1) is 0 Å². The first kappa shape index (κ1) is 21.0. The highest BCUT2D eigenvalue weighted by atomic mass is 32.1. The first-order chi connectivity index (χ1) is 15.5. The maximum Gasteiger partial charge on any atom is 0.313 e. The van der Waals surface area contributed by atoms with Gasteiger partial charge in [0.2, 0.25) is 0 Å². The smallest absolute Gasteiger partial charge is 0.313 e. The monoisotopic (exact) mass is 442 g/mol. The highest BCUT2D eigenvalue weighted by molar-refractivity contribution is 7.07. The van der Waals surface area contributed by atoms with E-state index in [2.05, 4.69) is 12.1 Å². The average Bonchev–Trinajstić information content (AvgIpc) is 3.14. The lowest BCUT2D eigenvalue weighted by Crippen LogP contribution is -2.41. The molecule has 0 radical (unpaired) electrons. The van der Waals surface area contributed by atoms with E-state index in [1.807, 2.05) is 30.3 Å². The van der Waals surface area contributed by atoms with E-state index < -0.39 is 5.92 Å². The maximum atomic E-state index is 12.8. The van der Waals surface area contributed by atoms with E-state index in [-0.39, 0.29) is 21.8 Å². The molecule has 1 atom stereocenters. The quantitative estimate of drug-likeness (QED) is 0.660. The largest absolute Gasteiger partial charge is 0.497 e. The third-order valence-corrected chi connectivity index (χ3v) is 6.13. The Morgan fingerprint density at radius 3 is 2.34 bits per heavy atom. The van der Waals surface area contributed by atoms with E-state index in [0.29, 0.717) is 26.9 Å². The lowest BCUT2D eigenvalue weighted by molar-refractivity contribution is 0.414. The van der Waals surface area contributed by atoms with Crippen molar-refractivity contribution in [3.8, 4) is 23.6 Å². The van der Waals surface area contributed by atoms with E-state index in [0.717, 1.165) is 16.9 Å². The van der Waals surface area contributed by atoms with Gasteiger partial charge in [-0.25, -0.2) is 0 Å². The molecular formula is C24H18N4O3S. The summed E-state index contributed by atoms with van der Waals surface area (Å²) in [6.45, 7) is 0. The van der Waals surface area contributed by atoms with E-state index in [4.69, 9.17) is 15.2 Å². The van der Waals surface area contributed by atoms with Gasteiger partial charge in [0.1, 0.15) is 17.3 Å². The predicted molar refractivity (Wildman–Crippen MR) is 122 cm³/mol. The number of hydrogen-bond acceptors (Lipinski definition) is 7. The summed E-state index contributed by atoms with van der Waals surface area (Å²) >= 11 is 0.970. The number of allylic oxidation sites excluding steroid dienone is 1. The van der Waals surface area contributed by atoms with Crippen molar-refractivity contribution >= 4 is 28.8 Å². The minimum Gasteiger partial charge on any atom is -0.497 e. The van der Waals surface area contributed by atoms with Crippen LogP contribution < -0.4 is 30.0 Å². The van der Waals surface area contributed by atoms with Crippen molar-refractivity contribution in [3.05, 3.63) is 84.8 Å². The second kappa shape index (κ2) is 8.46. The molecule has 0 saturated carbocycles. The van der Waals surface area contributed by atoms with Crippen LogP contribution in [0.2, 0.25) is 0 Å². The molecule has 0 amide bonds. The number of thiazole rings is 1. The van der Waals surface area contributed by atoms with Gasteiger partial charge in [0.25, 0.3) is 0 Å². The Kier molecular flexibility index (Phi) is 5.55. The number of benzene rings is 2. The molecule has 1 aromatic heterocycles. The molecular weight excluding hydrogens is 424 g/mol. The zero-order chi connectivity index (χ0) is 22.8. The standard InChI is InChI=1S/C24H18N4O3S/c1-30-16-7-3-5-14(9-16)10-20-22-18(12-25)21(15-6-4-8-17(11-15)31-2)19(13-26)23(27)28(22)24(29)32-20/h3-11,21H,27H2,1-2H3. The SMILES string of the molecule is COc1cccc(C=c2sc(=O)n3c2=C(C#N)C(c2cccc(OC)c2)C(C#N)=C3N)c1. The summed E-state index contributed by atoms with van der Waals surface area (Å²) in [5, 5.41) is 20.4. The van der Waals surface area contributed by atoms with E-state index in [1.165, 1.54) is 4.57 Å². The first-order valence-corrected chi connectivity index (χ1v) is 10.4. The van der Waals surface area contributed by atoms with Crippen LogP contribution in [0.3, 0.4) is 0 Å². The third-order valence-electron chi connectivity index (χ3n) is 5.25. The van der Waals surface area contributed by atoms with E-state index in [1.54, 1.807) is 38.5 Å². The summed E-state index contributed by atoms with van der Waals surface area (Å²) < 4.78 is 12.4. The summed E-state index contributed by atoms with van der Waals surface area (Å²) in [6, 6.07) is 18.8. The number of methoxy groups -OCH3 is 2. The maximum absolute atomic E-state index is 12.8. The Labute approximate surface area is 187 Å². The summed E-state index contributed by atoms with van der Waals surface area (Å²) in [5.41, 5.74) is 8.21. The molecule has 1 aliphatic rings. The third kappa shape index (κ3) is 3.43. The molecule has 0 aliphatic carbocycles. The molecule has 158 valence electrons. The van der Waals surface area contributed by atoms with Crippen LogP contribution in [0.25, 0.3) is 17.5 Å².